The van der Waals surface area contributed by atoms with Crippen molar-refractivity contribution in [2.75, 3.05) is 13.1 Å². The summed E-state index contributed by atoms with van der Waals surface area (Å²) >= 11 is 0. The van der Waals surface area contributed by atoms with E-state index in [1.165, 1.54) is 0 Å². The predicted molar refractivity (Wildman–Crippen MR) is 81.4 cm³/mol. The molecule has 5 nitrogen and oxygen atoms in total. The molecule has 24 heavy (non-hydrogen) atoms. The number of carbonyl (C=O) groups is 2. The topological polar surface area (TPSA) is 69.6 Å². The lowest BCUT2D eigenvalue weighted by atomic mass is 9.79. The van der Waals surface area contributed by atoms with Gasteiger partial charge in [0.25, 0.3) is 0 Å². The highest BCUT2D eigenvalue weighted by Gasteiger charge is 2.53. The summed E-state index contributed by atoms with van der Waals surface area (Å²) in [5.74, 6) is -4.22. The monoisotopic (exact) mass is 350 g/mol. The van der Waals surface area contributed by atoms with Gasteiger partial charge in [-0.25, -0.2) is 4.79 Å². The number of amides is 2. The number of alkyl halides is 3. The molecular formula is C16H25F3N2O3. The van der Waals surface area contributed by atoms with Crippen molar-refractivity contribution in [2.24, 2.45) is 23.7 Å². The Labute approximate surface area is 139 Å². The molecule has 8 heteroatoms. The Hall–Kier alpha value is -1.47. The van der Waals surface area contributed by atoms with Crippen LogP contribution in [0.5, 0.6) is 0 Å². The lowest BCUT2D eigenvalue weighted by Gasteiger charge is -2.32. The van der Waals surface area contributed by atoms with Crippen LogP contribution in [0.3, 0.4) is 0 Å². The minimum absolute atomic E-state index is 0.131. The van der Waals surface area contributed by atoms with Crippen LogP contribution in [0.15, 0.2) is 0 Å². The van der Waals surface area contributed by atoms with E-state index in [9.17, 15) is 22.8 Å². The van der Waals surface area contributed by atoms with E-state index in [-0.39, 0.29) is 6.04 Å². The van der Waals surface area contributed by atoms with Crippen molar-refractivity contribution >= 4 is 12.0 Å². The van der Waals surface area contributed by atoms with Crippen LogP contribution >= 0.6 is 0 Å². The molecule has 2 fully saturated rings. The lowest BCUT2D eigenvalue weighted by molar-refractivity contribution is -0.187. The van der Waals surface area contributed by atoms with Gasteiger partial charge >= 0.3 is 18.2 Å². The number of nitrogens with one attached hydrogen (secondary N) is 1. The molecule has 2 rings (SSSR count). The molecule has 0 aromatic carbocycles. The Morgan fingerprint density at radius 3 is 2.42 bits per heavy atom. The average Bonchev–Trinajstić information content (AvgIpc) is 2.92. The molecule has 2 unspecified atom stereocenters. The summed E-state index contributed by atoms with van der Waals surface area (Å²) in [6.07, 6.45) is -0.384. The van der Waals surface area contributed by atoms with E-state index in [0.717, 1.165) is 30.6 Å². The van der Waals surface area contributed by atoms with Crippen molar-refractivity contribution in [1.29, 1.82) is 0 Å². The number of hydrogen-bond donors (Lipinski definition) is 2. The Morgan fingerprint density at radius 2 is 1.92 bits per heavy atom. The fourth-order valence-electron chi connectivity index (χ4n) is 3.89. The second-order valence-electron chi connectivity index (χ2n) is 7.27. The molecule has 138 valence electrons. The van der Waals surface area contributed by atoms with E-state index in [1.807, 2.05) is 6.92 Å². The molecule has 0 radical (unpaired) electrons. The van der Waals surface area contributed by atoms with Gasteiger partial charge in [0.15, 0.2) is 0 Å². The molecule has 5 atom stereocenters. The van der Waals surface area contributed by atoms with E-state index in [4.69, 9.17) is 5.11 Å². The Kier molecular flexibility index (Phi) is 5.65. The zero-order valence-corrected chi connectivity index (χ0v) is 14.0. The fraction of sp³-hybridized carbons (Fsp3) is 0.875. The molecule has 1 aliphatic heterocycles. The number of nitrogens with zero attached hydrogens (tertiary/aromatic N) is 1. The van der Waals surface area contributed by atoms with E-state index >= 15 is 0 Å². The third-order valence-electron chi connectivity index (χ3n) is 5.38. The summed E-state index contributed by atoms with van der Waals surface area (Å²) in [6.45, 7) is 3.03. The highest BCUT2D eigenvalue weighted by atomic mass is 19.4. The summed E-state index contributed by atoms with van der Waals surface area (Å²) in [4.78, 5) is 24.3. The molecule has 2 N–H and O–H groups in total. The van der Waals surface area contributed by atoms with Crippen molar-refractivity contribution in [2.45, 2.75) is 51.7 Å². The number of aliphatic carboxylic acids is 1. The first-order chi connectivity index (χ1) is 11.1. The number of carboxylic acids is 1. The third-order valence-corrected chi connectivity index (χ3v) is 5.38. The predicted octanol–water partition coefficient (Wildman–Crippen LogP) is 3.11. The maximum Gasteiger partial charge on any atom is 0.394 e. The minimum atomic E-state index is -4.62. The molecule has 1 saturated carbocycles. The van der Waals surface area contributed by atoms with Gasteiger partial charge in [-0.05, 0) is 31.6 Å². The summed E-state index contributed by atoms with van der Waals surface area (Å²) < 4.78 is 38.9. The van der Waals surface area contributed by atoms with Crippen LogP contribution in [-0.2, 0) is 4.79 Å². The van der Waals surface area contributed by atoms with Crippen LogP contribution in [0, 0.1) is 23.7 Å². The number of carboxylic acid groups (broad SMARTS) is 1. The van der Waals surface area contributed by atoms with Gasteiger partial charge in [-0.1, -0.05) is 19.8 Å². The van der Waals surface area contributed by atoms with Crippen LogP contribution in [0.1, 0.15) is 39.5 Å². The summed E-state index contributed by atoms with van der Waals surface area (Å²) in [5.41, 5.74) is 0. The van der Waals surface area contributed by atoms with E-state index in [2.05, 4.69) is 12.2 Å². The standard InChI is InChI=1S/C16H25F3N2O3/c1-9-4-3-5-11(6-9)10(2)20-15(24)21-7-12(14(22)23)13(8-21)16(17,18)19/h9-13H,3-8H2,1-2H3,(H,20,24)(H,22,23)/t9?,10-,11?,12+,13+/m0/s1. The maximum absolute atomic E-state index is 13.0. The zero-order valence-electron chi connectivity index (χ0n) is 14.0. The molecule has 1 heterocycles. The molecule has 1 aliphatic carbocycles. The number of carbonyl (C=O) groups excluding carboxylic acids is 1. The molecule has 0 aromatic heterocycles. The SMILES string of the molecule is CC1CCCC([C@H](C)NC(=O)N2C[C@@H](C(F)(F)F)[C@H](C(=O)O)C2)C1. The summed E-state index contributed by atoms with van der Waals surface area (Å²) in [7, 11) is 0. The lowest BCUT2D eigenvalue weighted by Crippen LogP contribution is -2.46. The van der Waals surface area contributed by atoms with Gasteiger partial charge in [0.2, 0.25) is 0 Å². The third kappa shape index (κ3) is 4.33. The number of hydrogen-bond acceptors (Lipinski definition) is 2. The Balaban J connectivity index is 1.96. The second-order valence-corrected chi connectivity index (χ2v) is 7.27. The van der Waals surface area contributed by atoms with Gasteiger partial charge in [-0.2, -0.15) is 13.2 Å². The number of rotatable bonds is 3. The molecule has 0 bridgehead atoms. The number of halogens is 3. The van der Waals surface area contributed by atoms with Crippen LogP contribution < -0.4 is 5.32 Å². The molecule has 0 spiro atoms. The number of urea groups is 1. The summed E-state index contributed by atoms with van der Waals surface area (Å²) in [6, 6.07) is -0.729. The van der Waals surface area contributed by atoms with Crippen molar-refractivity contribution in [3.05, 3.63) is 0 Å². The molecule has 2 aliphatic rings. The van der Waals surface area contributed by atoms with Crippen LogP contribution in [0.25, 0.3) is 0 Å². The first-order valence-corrected chi connectivity index (χ1v) is 8.44. The van der Waals surface area contributed by atoms with Crippen molar-refractivity contribution in [3.63, 3.8) is 0 Å². The number of likely N-dealkylation sites (tertiary alicyclic amines) is 1. The van der Waals surface area contributed by atoms with Crippen molar-refractivity contribution in [3.8, 4) is 0 Å². The van der Waals surface area contributed by atoms with Crippen molar-refractivity contribution in [1.82, 2.24) is 10.2 Å². The Morgan fingerprint density at radius 1 is 1.25 bits per heavy atom. The normalized spacial score (nSPS) is 32.5. The van der Waals surface area contributed by atoms with Crippen LogP contribution in [0.4, 0.5) is 18.0 Å². The van der Waals surface area contributed by atoms with E-state index in [1.54, 1.807) is 0 Å². The Bertz CT molecular complexity index is 484. The van der Waals surface area contributed by atoms with Gasteiger partial charge in [-0.15, -0.1) is 0 Å². The molecular weight excluding hydrogens is 325 g/mol. The summed E-state index contributed by atoms with van der Waals surface area (Å²) in [5, 5.41) is 11.8. The van der Waals surface area contributed by atoms with Gasteiger partial charge in [0.05, 0.1) is 11.8 Å². The first-order valence-electron chi connectivity index (χ1n) is 8.44. The smallest absolute Gasteiger partial charge is 0.394 e. The quantitative estimate of drug-likeness (QED) is 0.822. The van der Waals surface area contributed by atoms with Crippen LogP contribution in [0.2, 0.25) is 0 Å². The van der Waals surface area contributed by atoms with E-state index < -0.39 is 43.1 Å². The zero-order chi connectivity index (χ0) is 18.1. The average molecular weight is 350 g/mol. The van der Waals surface area contributed by atoms with Crippen molar-refractivity contribution < 1.29 is 27.9 Å². The molecule has 2 amide bonds. The van der Waals surface area contributed by atoms with Crippen LogP contribution in [-0.4, -0.2) is 47.3 Å². The van der Waals surface area contributed by atoms with E-state index in [0.29, 0.717) is 11.8 Å². The van der Waals surface area contributed by atoms with Gasteiger partial charge in [0, 0.05) is 19.1 Å². The van der Waals surface area contributed by atoms with Gasteiger partial charge in [-0.3, -0.25) is 4.79 Å². The second kappa shape index (κ2) is 7.19. The van der Waals surface area contributed by atoms with Gasteiger partial charge in [0.1, 0.15) is 0 Å². The highest BCUT2D eigenvalue weighted by Crippen LogP contribution is 2.38. The largest absolute Gasteiger partial charge is 0.481 e. The molecule has 0 aromatic rings. The maximum atomic E-state index is 13.0. The minimum Gasteiger partial charge on any atom is -0.481 e. The molecule has 1 saturated heterocycles. The fourth-order valence-corrected chi connectivity index (χ4v) is 3.89. The van der Waals surface area contributed by atoms with Gasteiger partial charge < -0.3 is 15.3 Å². The highest BCUT2D eigenvalue weighted by molar-refractivity contribution is 5.78. The first kappa shape index (κ1) is 18.9.